The minimum Gasteiger partial charge on any atom is -0.376 e. The van der Waals surface area contributed by atoms with Gasteiger partial charge in [-0.2, -0.15) is 5.10 Å². The molecule has 0 aliphatic heterocycles. The summed E-state index contributed by atoms with van der Waals surface area (Å²) in [6, 6.07) is 16.1. The summed E-state index contributed by atoms with van der Waals surface area (Å²) in [7, 11) is 0. The summed E-state index contributed by atoms with van der Waals surface area (Å²) in [5, 5.41) is 10.8. The highest BCUT2D eigenvalue weighted by Crippen LogP contribution is 2.23. The van der Waals surface area contributed by atoms with Gasteiger partial charge in [0.05, 0.1) is 29.3 Å². The van der Waals surface area contributed by atoms with E-state index in [9.17, 15) is 4.79 Å². The highest BCUT2D eigenvalue weighted by Gasteiger charge is 2.15. The SMILES string of the molecule is Cc1ccc(C)c(NCC(=O)Nc2c(C)nn(-c3ccccc3)c2C)c1. The van der Waals surface area contributed by atoms with Gasteiger partial charge in [0, 0.05) is 5.69 Å². The minimum atomic E-state index is -0.0929. The van der Waals surface area contributed by atoms with E-state index in [4.69, 9.17) is 0 Å². The first-order valence-electron chi connectivity index (χ1n) is 8.68. The lowest BCUT2D eigenvalue weighted by molar-refractivity contribution is -0.114. The van der Waals surface area contributed by atoms with Gasteiger partial charge in [0.25, 0.3) is 0 Å². The van der Waals surface area contributed by atoms with E-state index in [1.54, 1.807) is 0 Å². The Bertz CT molecular complexity index is 929. The van der Waals surface area contributed by atoms with Crippen molar-refractivity contribution >= 4 is 17.3 Å². The molecule has 2 N–H and O–H groups in total. The van der Waals surface area contributed by atoms with E-state index < -0.39 is 0 Å². The maximum atomic E-state index is 12.4. The molecule has 0 saturated carbocycles. The van der Waals surface area contributed by atoms with Gasteiger partial charge in [0.1, 0.15) is 0 Å². The van der Waals surface area contributed by atoms with Crippen LogP contribution >= 0.6 is 0 Å². The fraction of sp³-hybridized carbons (Fsp3) is 0.238. The molecule has 0 bridgehead atoms. The normalized spacial score (nSPS) is 10.6. The van der Waals surface area contributed by atoms with Gasteiger partial charge < -0.3 is 10.6 Å². The van der Waals surface area contributed by atoms with Crippen LogP contribution in [-0.2, 0) is 4.79 Å². The number of hydrogen-bond acceptors (Lipinski definition) is 3. The summed E-state index contributed by atoms with van der Waals surface area (Å²) in [5.41, 5.74) is 6.71. The van der Waals surface area contributed by atoms with Crippen molar-refractivity contribution in [2.45, 2.75) is 27.7 Å². The summed E-state index contributed by atoms with van der Waals surface area (Å²) in [6.45, 7) is 8.13. The van der Waals surface area contributed by atoms with Crippen LogP contribution in [0.1, 0.15) is 22.5 Å². The van der Waals surface area contributed by atoms with E-state index in [0.717, 1.165) is 39.6 Å². The fourth-order valence-electron chi connectivity index (χ4n) is 2.93. The Balaban J connectivity index is 1.72. The molecule has 0 unspecified atom stereocenters. The van der Waals surface area contributed by atoms with E-state index in [1.165, 1.54) is 0 Å². The number of nitrogens with zero attached hydrogens (tertiary/aromatic N) is 2. The average molecular weight is 348 g/mol. The standard InChI is InChI=1S/C21H24N4O/c1-14-10-11-15(2)19(12-14)22-13-20(26)23-21-16(3)24-25(17(21)4)18-8-6-5-7-9-18/h5-12,22H,13H2,1-4H3,(H,23,26). The molecule has 3 rings (SSSR count). The Labute approximate surface area is 154 Å². The topological polar surface area (TPSA) is 59.0 Å². The van der Waals surface area contributed by atoms with Crippen molar-refractivity contribution < 1.29 is 4.79 Å². The van der Waals surface area contributed by atoms with Crippen molar-refractivity contribution in [3.63, 3.8) is 0 Å². The van der Waals surface area contributed by atoms with Crippen LogP contribution in [-0.4, -0.2) is 22.2 Å². The molecular formula is C21H24N4O. The van der Waals surface area contributed by atoms with Gasteiger partial charge >= 0.3 is 0 Å². The first kappa shape index (κ1) is 17.7. The van der Waals surface area contributed by atoms with Crippen molar-refractivity contribution in [2.75, 3.05) is 17.2 Å². The third-order valence-corrected chi connectivity index (χ3v) is 4.39. The van der Waals surface area contributed by atoms with E-state index >= 15 is 0 Å². The number of carbonyl (C=O) groups is 1. The number of amides is 1. The van der Waals surface area contributed by atoms with Gasteiger partial charge in [-0.1, -0.05) is 30.3 Å². The second-order valence-corrected chi connectivity index (χ2v) is 6.51. The molecular weight excluding hydrogens is 324 g/mol. The number of nitrogens with one attached hydrogen (secondary N) is 2. The summed E-state index contributed by atoms with van der Waals surface area (Å²) < 4.78 is 1.85. The molecule has 0 atom stereocenters. The smallest absolute Gasteiger partial charge is 0.243 e. The Kier molecular flexibility index (Phi) is 5.07. The predicted molar refractivity (Wildman–Crippen MR) is 106 cm³/mol. The fourth-order valence-corrected chi connectivity index (χ4v) is 2.93. The molecule has 26 heavy (non-hydrogen) atoms. The lowest BCUT2D eigenvalue weighted by Crippen LogP contribution is -2.22. The molecule has 2 aromatic carbocycles. The molecule has 0 fully saturated rings. The summed E-state index contributed by atoms with van der Waals surface area (Å²) in [6.07, 6.45) is 0. The largest absolute Gasteiger partial charge is 0.376 e. The number of rotatable bonds is 5. The highest BCUT2D eigenvalue weighted by molar-refractivity contribution is 5.95. The van der Waals surface area contributed by atoms with Crippen molar-refractivity contribution in [2.24, 2.45) is 0 Å². The van der Waals surface area contributed by atoms with Gasteiger partial charge in [0.2, 0.25) is 5.91 Å². The van der Waals surface area contributed by atoms with Crippen molar-refractivity contribution in [3.8, 4) is 5.69 Å². The molecule has 3 aromatic rings. The van der Waals surface area contributed by atoms with Crippen molar-refractivity contribution in [3.05, 3.63) is 71.0 Å². The molecule has 5 nitrogen and oxygen atoms in total. The van der Waals surface area contributed by atoms with Crippen LogP contribution in [0.4, 0.5) is 11.4 Å². The van der Waals surface area contributed by atoms with Crippen LogP contribution < -0.4 is 10.6 Å². The lowest BCUT2D eigenvalue weighted by Gasteiger charge is -2.11. The zero-order chi connectivity index (χ0) is 18.7. The average Bonchev–Trinajstić information content (AvgIpc) is 2.91. The second kappa shape index (κ2) is 7.44. The van der Waals surface area contributed by atoms with Crippen LogP contribution in [0.25, 0.3) is 5.69 Å². The number of aromatic nitrogens is 2. The van der Waals surface area contributed by atoms with Crippen LogP contribution in [0.15, 0.2) is 48.5 Å². The van der Waals surface area contributed by atoms with Crippen molar-refractivity contribution in [1.29, 1.82) is 0 Å². The van der Waals surface area contributed by atoms with E-state index in [-0.39, 0.29) is 12.5 Å². The summed E-state index contributed by atoms with van der Waals surface area (Å²) in [5.74, 6) is -0.0929. The zero-order valence-electron chi connectivity index (χ0n) is 15.6. The van der Waals surface area contributed by atoms with Gasteiger partial charge in [-0.25, -0.2) is 4.68 Å². The van der Waals surface area contributed by atoms with E-state index in [2.05, 4.69) is 21.8 Å². The third-order valence-electron chi connectivity index (χ3n) is 4.39. The molecule has 1 amide bonds. The first-order valence-corrected chi connectivity index (χ1v) is 8.68. The molecule has 0 aliphatic rings. The number of benzene rings is 2. The first-order chi connectivity index (χ1) is 12.5. The van der Waals surface area contributed by atoms with E-state index in [0.29, 0.717) is 0 Å². The summed E-state index contributed by atoms with van der Waals surface area (Å²) >= 11 is 0. The maximum absolute atomic E-state index is 12.4. The Hall–Kier alpha value is -3.08. The number of carbonyl (C=O) groups excluding carboxylic acids is 1. The molecule has 0 saturated heterocycles. The lowest BCUT2D eigenvalue weighted by atomic mass is 10.1. The molecule has 0 radical (unpaired) electrons. The number of anilines is 2. The quantitative estimate of drug-likeness (QED) is 0.728. The summed E-state index contributed by atoms with van der Waals surface area (Å²) in [4.78, 5) is 12.4. The monoisotopic (exact) mass is 348 g/mol. The van der Waals surface area contributed by atoms with Gasteiger partial charge in [-0.05, 0) is 57.0 Å². The second-order valence-electron chi connectivity index (χ2n) is 6.51. The van der Waals surface area contributed by atoms with Crippen LogP contribution in [0.5, 0.6) is 0 Å². The minimum absolute atomic E-state index is 0.0929. The van der Waals surface area contributed by atoms with Gasteiger partial charge in [-0.15, -0.1) is 0 Å². The Morgan fingerprint density at radius 2 is 1.77 bits per heavy atom. The van der Waals surface area contributed by atoms with Crippen molar-refractivity contribution in [1.82, 2.24) is 9.78 Å². The maximum Gasteiger partial charge on any atom is 0.243 e. The number of para-hydroxylation sites is 1. The van der Waals surface area contributed by atoms with Crippen LogP contribution in [0.2, 0.25) is 0 Å². The van der Waals surface area contributed by atoms with Gasteiger partial charge in [0.15, 0.2) is 0 Å². The Morgan fingerprint density at radius 1 is 1.04 bits per heavy atom. The predicted octanol–water partition coefficient (Wildman–Crippen LogP) is 4.16. The van der Waals surface area contributed by atoms with Crippen LogP contribution in [0.3, 0.4) is 0 Å². The van der Waals surface area contributed by atoms with E-state index in [1.807, 2.05) is 74.8 Å². The molecule has 0 aliphatic carbocycles. The van der Waals surface area contributed by atoms with Crippen LogP contribution in [0, 0.1) is 27.7 Å². The van der Waals surface area contributed by atoms with Gasteiger partial charge in [-0.3, -0.25) is 4.79 Å². The molecule has 5 heteroatoms. The number of aryl methyl sites for hydroxylation is 3. The molecule has 134 valence electrons. The zero-order valence-corrected chi connectivity index (χ0v) is 15.6. The third kappa shape index (κ3) is 3.77. The molecule has 1 aromatic heterocycles. The molecule has 0 spiro atoms. The number of hydrogen-bond donors (Lipinski definition) is 2. The highest BCUT2D eigenvalue weighted by atomic mass is 16.1. The molecule has 1 heterocycles. The Morgan fingerprint density at radius 3 is 2.50 bits per heavy atom.